The Kier molecular flexibility index (Phi) is 7.93. The minimum absolute atomic E-state index is 0.110. The molecule has 0 heterocycles. The summed E-state index contributed by atoms with van der Waals surface area (Å²) in [4.78, 5) is 36.5. The van der Waals surface area contributed by atoms with Gasteiger partial charge in [-0.15, -0.1) is 0 Å². The van der Waals surface area contributed by atoms with E-state index in [-0.39, 0.29) is 19.6 Å². The summed E-state index contributed by atoms with van der Waals surface area (Å²) in [5, 5.41) is 9.52. The van der Waals surface area contributed by atoms with Gasteiger partial charge in [0.25, 0.3) is 0 Å². The van der Waals surface area contributed by atoms with Gasteiger partial charge in [-0.3, -0.25) is 4.79 Å². The van der Waals surface area contributed by atoms with E-state index in [1.807, 2.05) is 0 Å². The van der Waals surface area contributed by atoms with Crippen molar-refractivity contribution in [2.24, 2.45) is 17.4 Å². The van der Waals surface area contributed by atoms with Gasteiger partial charge in [-0.25, -0.2) is 9.59 Å². The average molecular weight is 380 g/mol. The molecule has 0 aromatic heterocycles. The predicted molar refractivity (Wildman–Crippen MR) is 98.4 cm³/mol. The maximum absolute atomic E-state index is 12.4. The summed E-state index contributed by atoms with van der Waals surface area (Å²) in [6.07, 6.45) is -0.338. The van der Waals surface area contributed by atoms with Crippen molar-refractivity contribution in [2.45, 2.75) is 51.4 Å². The molecule has 2 atom stereocenters. The topological polar surface area (TPSA) is 142 Å². The highest BCUT2D eigenvalue weighted by Gasteiger charge is 2.47. The van der Waals surface area contributed by atoms with Crippen molar-refractivity contribution in [3.8, 4) is 0 Å². The number of esters is 2. The fourth-order valence-electron chi connectivity index (χ4n) is 2.39. The molecule has 27 heavy (non-hydrogen) atoms. The van der Waals surface area contributed by atoms with E-state index in [9.17, 15) is 19.5 Å². The van der Waals surface area contributed by atoms with Gasteiger partial charge in [0.2, 0.25) is 5.54 Å². The van der Waals surface area contributed by atoms with Crippen LogP contribution in [0, 0.1) is 5.92 Å². The van der Waals surface area contributed by atoms with Gasteiger partial charge in [-0.1, -0.05) is 30.3 Å². The van der Waals surface area contributed by atoms with Crippen molar-refractivity contribution in [2.75, 3.05) is 6.54 Å². The SMILES string of the molecule is CC(C)(C)OC(=O)C(CCN)C[C@](N)(C(=O)O)C(=O)OCc1ccccc1. The van der Waals surface area contributed by atoms with E-state index in [0.29, 0.717) is 5.56 Å². The van der Waals surface area contributed by atoms with Crippen LogP contribution in [-0.4, -0.2) is 40.7 Å². The molecule has 8 heteroatoms. The van der Waals surface area contributed by atoms with Gasteiger partial charge in [0.15, 0.2) is 0 Å². The molecule has 0 amide bonds. The van der Waals surface area contributed by atoms with Crippen LogP contribution >= 0.6 is 0 Å². The fourth-order valence-corrected chi connectivity index (χ4v) is 2.39. The molecule has 1 rings (SSSR count). The lowest BCUT2D eigenvalue weighted by molar-refractivity contribution is -0.166. The molecule has 0 radical (unpaired) electrons. The van der Waals surface area contributed by atoms with Crippen molar-refractivity contribution in [1.82, 2.24) is 0 Å². The highest BCUT2D eigenvalue weighted by molar-refractivity contribution is 6.04. The number of rotatable bonds is 9. The summed E-state index contributed by atoms with van der Waals surface area (Å²) in [6, 6.07) is 8.77. The van der Waals surface area contributed by atoms with Gasteiger partial charge in [0.05, 0.1) is 5.92 Å². The Balaban J connectivity index is 2.92. The Bertz CT molecular complexity index is 656. The fraction of sp³-hybridized carbons (Fsp3) is 0.526. The van der Waals surface area contributed by atoms with E-state index >= 15 is 0 Å². The molecule has 0 fully saturated rings. The molecular formula is C19H28N2O6. The van der Waals surface area contributed by atoms with Crippen molar-refractivity contribution in [3.63, 3.8) is 0 Å². The molecule has 0 aliphatic heterocycles. The molecule has 1 aromatic carbocycles. The third kappa shape index (κ3) is 6.99. The smallest absolute Gasteiger partial charge is 0.338 e. The van der Waals surface area contributed by atoms with E-state index < -0.39 is 41.4 Å². The number of benzene rings is 1. The third-order valence-corrected chi connectivity index (χ3v) is 3.78. The maximum atomic E-state index is 12.4. The summed E-state index contributed by atoms with van der Waals surface area (Å²) >= 11 is 0. The first kappa shape index (κ1) is 22.6. The van der Waals surface area contributed by atoms with Crippen molar-refractivity contribution < 1.29 is 29.0 Å². The van der Waals surface area contributed by atoms with Crippen LogP contribution in [0.15, 0.2) is 30.3 Å². The van der Waals surface area contributed by atoms with Crippen LogP contribution in [0.4, 0.5) is 0 Å². The first-order chi connectivity index (χ1) is 12.5. The Hall–Kier alpha value is -2.45. The zero-order chi connectivity index (χ0) is 20.7. The molecule has 0 saturated carbocycles. The molecule has 0 bridgehead atoms. The van der Waals surface area contributed by atoms with E-state index in [0.717, 1.165) is 0 Å². The summed E-state index contributed by atoms with van der Waals surface area (Å²) in [6.45, 7) is 5.04. The predicted octanol–water partition coefficient (Wildman–Crippen LogP) is 1.21. The summed E-state index contributed by atoms with van der Waals surface area (Å²) in [5.74, 6) is -4.30. The van der Waals surface area contributed by atoms with Crippen molar-refractivity contribution in [1.29, 1.82) is 0 Å². The van der Waals surface area contributed by atoms with E-state index in [4.69, 9.17) is 20.9 Å². The number of nitrogens with two attached hydrogens (primary N) is 2. The van der Waals surface area contributed by atoms with Crippen LogP contribution in [0.5, 0.6) is 0 Å². The molecule has 0 saturated heterocycles. The summed E-state index contributed by atoms with van der Waals surface area (Å²) < 4.78 is 10.4. The Labute approximate surface area is 158 Å². The summed E-state index contributed by atoms with van der Waals surface area (Å²) in [5.41, 5.74) is 8.92. The molecular weight excluding hydrogens is 352 g/mol. The van der Waals surface area contributed by atoms with Crippen molar-refractivity contribution in [3.05, 3.63) is 35.9 Å². The number of carboxylic acids is 1. The van der Waals surface area contributed by atoms with Gasteiger partial charge in [0, 0.05) is 6.42 Å². The Morgan fingerprint density at radius 3 is 2.22 bits per heavy atom. The van der Waals surface area contributed by atoms with Crippen LogP contribution in [0.3, 0.4) is 0 Å². The lowest BCUT2D eigenvalue weighted by Crippen LogP contribution is -2.57. The molecule has 0 aliphatic carbocycles. The largest absolute Gasteiger partial charge is 0.479 e. The van der Waals surface area contributed by atoms with Gasteiger partial charge in [-0.2, -0.15) is 0 Å². The number of hydrogen-bond acceptors (Lipinski definition) is 7. The van der Waals surface area contributed by atoms with E-state index in [1.54, 1.807) is 51.1 Å². The summed E-state index contributed by atoms with van der Waals surface area (Å²) in [7, 11) is 0. The second-order valence-corrected chi connectivity index (χ2v) is 7.35. The highest BCUT2D eigenvalue weighted by atomic mass is 16.6. The van der Waals surface area contributed by atoms with Crippen LogP contribution < -0.4 is 11.5 Å². The van der Waals surface area contributed by atoms with Crippen LogP contribution in [0.25, 0.3) is 0 Å². The minimum atomic E-state index is -2.38. The number of ether oxygens (including phenoxy) is 2. The molecule has 1 aromatic rings. The second kappa shape index (κ2) is 9.48. The van der Waals surface area contributed by atoms with E-state index in [1.165, 1.54) is 0 Å². The molecule has 0 spiro atoms. The van der Waals surface area contributed by atoms with Gasteiger partial charge in [0.1, 0.15) is 12.2 Å². The zero-order valence-electron chi connectivity index (χ0n) is 15.9. The van der Waals surface area contributed by atoms with Crippen molar-refractivity contribution >= 4 is 17.9 Å². The zero-order valence-corrected chi connectivity index (χ0v) is 15.9. The quantitative estimate of drug-likeness (QED) is 0.429. The first-order valence-corrected chi connectivity index (χ1v) is 8.66. The monoisotopic (exact) mass is 380 g/mol. The van der Waals surface area contributed by atoms with Crippen LogP contribution in [-0.2, 0) is 30.5 Å². The van der Waals surface area contributed by atoms with Gasteiger partial charge < -0.3 is 26.0 Å². The maximum Gasteiger partial charge on any atom is 0.338 e. The van der Waals surface area contributed by atoms with Crippen LogP contribution in [0.1, 0.15) is 39.2 Å². The normalized spacial score (nSPS) is 14.7. The lowest BCUT2D eigenvalue weighted by Gasteiger charge is -2.29. The number of aliphatic carboxylic acids is 1. The first-order valence-electron chi connectivity index (χ1n) is 8.66. The average Bonchev–Trinajstić information content (AvgIpc) is 2.58. The number of carboxylic acid groups (broad SMARTS) is 1. The molecule has 5 N–H and O–H groups in total. The third-order valence-electron chi connectivity index (χ3n) is 3.78. The number of carbonyl (C=O) groups excluding carboxylic acids is 2. The Morgan fingerprint density at radius 2 is 1.74 bits per heavy atom. The van der Waals surface area contributed by atoms with Gasteiger partial charge in [-0.05, 0) is 39.3 Å². The molecule has 0 aliphatic rings. The number of hydrogen-bond donors (Lipinski definition) is 3. The Morgan fingerprint density at radius 1 is 1.15 bits per heavy atom. The lowest BCUT2D eigenvalue weighted by atomic mass is 9.86. The second-order valence-electron chi connectivity index (χ2n) is 7.35. The standard InChI is InChI=1S/C19H28N2O6/c1-18(2,3)27-15(22)14(9-10-20)11-19(21,16(23)24)17(25)26-12-13-7-5-4-6-8-13/h4-8,14H,9-12,20-21H2,1-3H3,(H,23,24)/t14?,19-/m0/s1. The molecule has 8 nitrogen and oxygen atoms in total. The molecule has 1 unspecified atom stereocenters. The van der Waals surface area contributed by atoms with Gasteiger partial charge >= 0.3 is 17.9 Å². The van der Waals surface area contributed by atoms with E-state index in [2.05, 4.69) is 0 Å². The molecule has 150 valence electrons. The highest BCUT2D eigenvalue weighted by Crippen LogP contribution is 2.24. The van der Waals surface area contributed by atoms with Crippen LogP contribution in [0.2, 0.25) is 0 Å². The number of carbonyl (C=O) groups is 3. The minimum Gasteiger partial charge on any atom is -0.479 e.